The normalized spacial score (nSPS) is 17.9. The van der Waals surface area contributed by atoms with Crippen molar-refractivity contribution in [3.05, 3.63) is 28.3 Å². The van der Waals surface area contributed by atoms with E-state index in [1.807, 2.05) is 0 Å². The van der Waals surface area contributed by atoms with Gasteiger partial charge in [-0.05, 0) is 12.5 Å². The van der Waals surface area contributed by atoms with Gasteiger partial charge >= 0.3 is 0 Å². The van der Waals surface area contributed by atoms with Crippen LogP contribution in [0, 0.1) is 10.1 Å². The third-order valence-corrected chi connectivity index (χ3v) is 2.76. The molecule has 1 fully saturated rings. The van der Waals surface area contributed by atoms with Crippen LogP contribution in [0.1, 0.15) is 12.8 Å². The van der Waals surface area contributed by atoms with Crippen LogP contribution in [0.5, 0.6) is 5.75 Å². The molecule has 2 amide bonds. The molecule has 1 aromatic carbocycles. The van der Waals surface area contributed by atoms with Gasteiger partial charge in [0.15, 0.2) is 0 Å². The summed E-state index contributed by atoms with van der Waals surface area (Å²) >= 11 is 0. The highest BCUT2D eigenvalue weighted by molar-refractivity contribution is 5.99. The van der Waals surface area contributed by atoms with E-state index in [2.05, 4.69) is 10.6 Å². The summed E-state index contributed by atoms with van der Waals surface area (Å²) < 4.78 is 0. The number of nitro groups is 1. The first kappa shape index (κ1) is 12.8. The average Bonchev–Trinajstić information content (AvgIpc) is 2.78. The summed E-state index contributed by atoms with van der Waals surface area (Å²) in [6.45, 7) is 0. The van der Waals surface area contributed by atoms with E-state index < -0.39 is 22.6 Å². The lowest BCUT2D eigenvalue weighted by atomic mass is 10.2. The number of hydrogen-bond donors (Lipinski definition) is 3. The summed E-state index contributed by atoms with van der Waals surface area (Å²) in [4.78, 5) is 32.6. The number of non-ortho nitro benzene ring substituents is 1. The molecule has 1 aromatic rings. The van der Waals surface area contributed by atoms with Crippen LogP contribution >= 0.6 is 0 Å². The molecule has 19 heavy (non-hydrogen) atoms. The fraction of sp³-hybridized carbons (Fsp3) is 0.273. The molecule has 8 heteroatoms. The molecule has 0 aromatic heterocycles. The number of nitro benzene ring substituents is 1. The van der Waals surface area contributed by atoms with Gasteiger partial charge in [-0.3, -0.25) is 19.7 Å². The van der Waals surface area contributed by atoms with Gasteiger partial charge < -0.3 is 15.7 Å². The number of carbonyl (C=O) groups is 2. The Kier molecular flexibility index (Phi) is 3.32. The van der Waals surface area contributed by atoms with Crippen LogP contribution in [0.15, 0.2) is 18.2 Å². The molecule has 8 nitrogen and oxygen atoms in total. The first-order valence-electron chi connectivity index (χ1n) is 5.55. The van der Waals surface area contributed by atoms with E-state index in [1.54, 1.807) is 0 Å². The topological polar surface area (TPSA) is 122 Å². The monoisotopic (exact) mass is 265 g/mol. The van der Waals surface area contributed by atoms with Crippen LogP contribution in [0.4, 0.5) is 11.4 Å². The summed E-state index contributed by atoms with van der Waals surface area (Å²) in [6.07, 6.45) is 0.669. The molecule has 1 heterocycles. The number of nitrogens with zero attached hydrogens (tertiary/aromatic N) is 1. The van der Waals surface area contributed by atoms with Crippen molar-refractivity contribution in [2.75, 3.05) is 5.32 Å². The maximum atomic E-state index is 11.8. The van der Waals surface area contributed by atoms with Gasteiger partial charge in [-0.2, -0.15) is 0 Å². The lowest BCUT2D eigenvalue weighted by Crippen LogP contribution is -2.37. The smallest absolute Gasteiger partial charge is 0.273 e. The van der Waals surface area contributed by atoms with Crippen LogP contribution < -0.4 is 10.6 Å². The van der Waals surface area contributed by atoms with E-state index in [0.29, 0.717) is 6.42 Å². The standard InChI is InChI=1S/C11H11N3O5/c15-9-5-6(14(18)19)1-2-7(9)13-11(17)8-3-4-10(16)12-8/h1-2,5,8,15H,3-4H2,(H,12,16)(H,13,17)/t8-/m0/s1. The van der Waals surface area contributed by atoms with E-state index in [4.69, 9.17) is 0 Å². The molecule has 0 unspecified atom stereocenters. The van der Waals surface area contributed by atoms with Crippen molar-refractivity contribution in [2.24, 2.45) is 0 Å². The highest BCUT2D eigenvalue weighted by Gasteiger charge is 2.27. The number of rotatable bonds is 3. The largest absolute Gasteiger partial charge is 0.506 e. The molecule has 0 spiro atoms. The molecular formula is C11H11N3O5. The van der Waals surface area contributed by atoms with Crippen molar-refractivity contribution in [3.63, 3.8) is 0 Å². The quantitative estimate of drug-likeness (QED) is 0.417. The Morgan fingerprint density at radius 3 is 2.79 bits per heavy atom. The number of phenolic OH excluding ortho intramolecular Hbond substituents is 1. The third kappa shape index (κ3) is 2.79. The number of carbonyl (C=O) groups excluding carboxylic acids is 2. The second kappa shape index (κ2) is 4.92. The zero-order chi connectivity index (χ0) is 14.0. The van der Waals surface area contributed by atoms with E-state index >= 15 is 0 Å². The van der Waals surface area contributed by atoms with Crippen molar-refractivity contribution in [2.45, 2.75) is 18.9 Å². The van der Waals surface area contributed by atoms with Crippen LogP contribution in [0.25, 0.3) is 0 Å². The molecule has 0 aliphatic carbocycles. The fourth-order valence-electron chi connectivity index (χ4n) is 1.77. The summed E-state index contributed by atoms with van der Waals surface area (Å²) in [6, 6.07) is 2.72. The Hall–Kier alpha value is -2.64. The zero-order valence-electron chi connectivity index (χ0n) is 9.75. The van der Waals surface area contributed by atoms with Gasteiger partial charge in [-0.1, -0.05) is 0 Å². The first-order valence-corrected chi connectivity index (χ1v) is 5.55. The summed E-state index contributed by atoms with van der Waals surface area (Å²) in [5, 5.41) is 25.0. The highest BCUT2D eigenvalue weighted by Crippen LogP contribution is 2.28. The van der Waals surface area contributed by atoms with E-state index in [0.717, 1.165) is 6.07 Å². The van der Waals surface area contributed by atoms with Crippen LogP contribution in [-0.4, -0.2) is 27.9 Å². The molecule has 100 valence electrons. The average molecular weight is 265 g/mol. The fourth-order valence-corrected chi connectivity index (χ4v) is 1.77. The maximum absolute atomic E-state index is 11.8. The molecule has 1 aliphatic rings. The SMILES string of the molecule is O=C1CC[C@@H](C(=O)Nc2ccc([N+](=O)[O-])cc2O)N1. The number of anilines is 1. The lowest BCUT2D eigenvalue weighted by molar-refractivity contribution is -0.384. The molecular weight excluding hydrogens is 254 g/mol. The molecule has 1 atom stereocenters. The number of amides is 2. The Morgan fingerprint density at radius 1 is 1.53 bits per heavy atom. The van der Waals surface area contributed by atoms with Crippen LogP contribution in [0.2, 0.25) is 0 Å². The van der Waals surface area contributed by atoms with E-state index in [-0.39, 0.29) is 23.7 Å². The third-order valence-electron chi connectivity index (χ3n) is 2.76. The van der Waals surface area contributed by atoms with Gasteiger partial charge in [-0.25, -0.2) is 0 Å². The van der Waals surface area contributed by atoms with Crippen molar-refractivity contribution in [3.8, 4) is 5.75 Å². The predicted molar refractivity (Wildman–Crippen MR) is 64.6 cm³/mol. The minimum atomic E-state index is -0.650. The number of aromatic hydroxyl groups is 1. The van der Waals surface area contributed by atoms with Crippen molar-refractivity contribution < 1.29 is 19.6 Å². The van der Waals surface area contributed by atoms with Crippen molar-refractivity contribution in [1.82, 2.24) is 5.32 Å². The van der Waals surface area contributed by atoms with E-state index in [1.165, 1.54) is 12.1 Å². The molecule has 0 saturated carbocycles. The zero-order valence-corrected chi connectivity index (χ0v) is 9.75. The van der Waals surface area contributed by atoms with E-state index in [9.17, 15) is 24.8 Å². The Bertz CT molecular complexity index is 557. The molecule has 2 rings (SSSR count). The second-order valence-electron chi connectivity index (χ2n) is 4.11. The summed E-state index contributed by atoms with van der Waals surface area (Å²) in [5.74, 6) is -1.06. The number of nitrogens with one attached hydrogen (secondary N) is 2. The van der Waals surface area contributed by atoms with Gasteiger partial charge in [-0.15, -0.1) is 0 Å². The molecule has 1 saturated heterocycles. The van der Waals surface area contributed by atoms with Gasteiger partial charge in [0.25, 0.3) is 5.69 Å². The van der Waals surface area contributed by atoms with Gasteiger partial charge in [0.2, 0.25) is 11.8 Å². The molecule has 0 bridgehead atoms. The Labute approximate surface area is 107 Å². The van der Waals surface area contributed by atoms with Crippen LogP contribution in [-0.2, 0) is 9.59 Å². The Balaban J connectivity index is 2.09. The van der Waals surface area contributed by atoms with Gasteiger partial charge in [0.1, 0.15) is 11.8 Å². The first-order chi connectivity index (χ1) is 8.97. The Morgan fingerprint density at radius 2 is 2.26 bits per heavy atom. The second-order valence-corrected chi connectivity index (χ2v) is 4.11. The molecule has 0 radical (unpaired) electrons. The summed E-state index contributed by atoms with van der Waals surface area (Å²) in [5.41, 5.74) is -0.207. The number of benzene rings is 1. The number of phenols is 1. The van der Waals surface area contributed by atoms with Crippen LogP contribution in [0.3, 0.4) is 0 Å². The molecule has 1 aliphatic heterocycles. The lowest BCUT2D eigenvalue weighted by Gasteiger charge is -2.11. The van der Waals surface area contributed by atoms with Crippen molar-refractivity contribution in [1.29, 1.82) is 0 Å². The molecule has 3 N–H and O–H groups in total. The van der Waals surface area contributed by atoms with Gasteiger partial charge in [0.05, 0.1) is 16.7 Å². The minimum Gasteiger partial charge on any atom is -0.506 e. The van der Waals surface area contributed by atoms with Gasteiger partial charge in [0, 0.05) is 12.5 Å². The summed E-state index contributed by atoms with van der Waals surface area (Å²) in [7, 11) is 0. The van der Waals surface area contributed by atoms with Crippen molar-refractivity contribution >= 4 is 23.2 Å². The minimum absolute atomic E-state index is 0.0664. The highest BCUT2D eigenvalue weighted by atomic mass is 16.6. The number of hydrogen-bond acceptors (Lipinski definition) is 5. The predicted octanol–water partition coefficient (Wildman–Crippen LogP) is 0.517. The maximum Gasteiger partial charge on any atom is 0.273 e.